The first-order valence-electron chi connectivity index (χ1n) is 6.78. The maximum Gasteiger partial charge on any atom is 0.339 e. The predicted molar refractivity (Wildman–Crippen MR) is 80.5 cm³/mol. The van der Waals surface area contributed by atoms with Gasteiger partial charge in [0.1, 0.15) is 5.82 Å². The summed E-state index contributed by atoms with van der Waals surface area (Å²) in [5.41, 5.74) is 4.59. The zero-order chi connectivity index (χ0) is 15.4. The summed E-state index contributed by atoms with van der Waals surface area (Å²) < 4.78 is 1.88. The minimum atomic E-state index is -0.709. The molecule has 0 aliphatic rings. The van der Waals surface area contributed by atoms with Crippen LogP contribution in [0.4, 0.5) is 5.82 Å². The van der Waals surface area contributed by atoms with E-state index in [2.05, 4.69) is 0 Å². The maximum atomic E-state index is 12.4. The number of anilines is 1. The van der Waals surface area contributed by atoms with Gasteiger partial charge in [0.05, 0.1) is 0 Å². The first-order chi connectivity index (χ1) is 10.1. The smallest absolute Gasteiger partial charge is 0.339 e. The predicted octanol–water partition coefficient (Wildman–Crippen LogP) is 1.08. The molecule has 21 heavy (non-hydrogen) atoms. The lowest BCUT2D eigenvalue weighted by Gasteiger charge is -2.11. The number of benzene rings is 1. The highest BCUT2D eigenvalue weighted by atomic mass is 16.2. The molecule has 1 heterocycles. The van der Waals surface area contributed by atoms with Crippen molar-refractivity contribution in [3.05, 3.63) is 62.8 Å². The van der Waals surface area contributed by atoms with Gasteiger partial charge in [-0.2, -0.15) is 4.57 Å². The van der Waals surface area contributed by atoms with E-state index in [1.165, 1.54) is 4.57 Å². The number of nitrogens with zero attached hydrogens (tertiary/aromatic N) is 2. The summed E-state index contributed by atoms with van der Waals surface area (Å²) in [5, 5.41) is 0. The number of carbonyl (C=O) groups is 1. The van der Waals surface area contributed by atoms with E-state index in [0.717, 1.165) is 18.9 Å². The van der Waals surface area contributed by atoms with Crippen LogP contribution < -0.4 is 17.0 Å². The van der Waals surface area contributed by atoms with E-state index in [0.29, 0.717) is 11.1 Å². The molecule has 0 saturated carbocycles. The van der Waals surface area contributed by atoms with Crippen LogP contribution in [-0.2, 0) is 6.54 Å². The van der Waals surface area contributed by atoms with E-state index in [1.54, 1.807) is 30.3 Å². The van der Waals surface area contributed by atoms with Crippen LogP contribution in [0.3, 0.4) is 0 Å². The normalized spacial score (nSPS) is 10.5. The van der Waals surface area contributed by atoms with Gasteiger partial charge < -0.3 is 5.73 Å². The molecule has 0 radical (unpaired) electrons. The van der Waals surface area contributed by atoms with Crippen molar-refractivity contribution in [1.29, 1.82) is 0 Å². The number of aromatic nitrogens is 2. The first kappa shape index (κ1) is 14.8. The Bertz CT molecular complexity index is 760. The largest absolute Gasteiger partial charge is 0.385 e. The quantitative estimate of drug-likeness (QED) is 0.911. The summed E-state index contributed by atoms with van der Waals surface area (Å²) in [6, 6.07) is 9.32. The van der Waals surface area contributed by atoms with E-state index in [4.69, 9.17) is 5.73 Å². The fraction of sp³-hybridized carbons (Fsp3) is 0.267. The second-order valence-electron chi connectivity index (χ2n) is 4.70. The average Bonchev–Trinajstić information content (AvgIpc) is 2.47. The monoisotopic (exact) mass is 287 g/mol. The van der Waals surface area contributed by atoms with Gasteiger partial charge in [0.15, 0.2) is 0 Å². The van der Waals surface area contributed by atoms with E-state index >= 15 is 0 Å². The number of unbranched alkanes of at least 4 members (excludes halogenated alkanes) is 1. The Hall–Kier alpha value is -2.63. The number of nitrogen functional groups attached to an aromatic ring is 1. The van der Waals surface area contributed by atoms with Crippen LogP contribution >= 0.6 is 0 Å². The van der Waals surface area contributed by atoms with Gasteiger partial charge in [0.2, 0.25) is 0 Å². The third kappa shape index (κ3) is 2.94. The van der Waals surface area contributed by atoms with Gasteiger partial charge in [-0.25, -0.2) is 4.79 Å². The second kappa shape index (κ2) is 6.21. The van der Waals surface area contributed by atoms with E-state index in [1.807, 2.05) is 6.92 Å². The van der Waals surface area contributed by atoms with Gasteiger partial charge in [-0.1, -0.05) is 31.5 Å². The molecule has 0 amide bonds. The highest BCUT2D eigenvalue weighted by Gasteiger charge is 2.16. The van der Waals surface area contributed by atoms with Gasteiger partial charge in [0, 0.05) is 18.2 Å². The molecule has 6 heteroatoms. The molecule has 110 valence electrons. The summed E-state index contributed by atoms with van der Waals surface area (Å²) in [7, 11) is 0. The average molecular weight is 287 g/mol. The number of carbonyl (C=O) groups excluding carboxylic acids is 1. The molecule has 0 fully saturated rings. The Morgan fingerprint density at radius 1 is 1.19 bits per heavy atom. The highest BCUT2D eigenvalue weighted by Crippen LogP contribution is 2.02. The van der Waals surface area contributed by atoms with E-state index < -0.39 is 17.2 Å². The molecule has 0 aliphatic heterocycles. The Labute approximate surface area is 121 Å². The summed E-state index contributed by atoms with van der Waals surface area (Å²) in [5.74, 6) is -0.564. The van der Waals surface area contributed by atoms with Gasteiger partial charge >= 0.3 is 5.69 Å². The molecule has 1 aromatic heterocycles. The van der Waals surface area contributed by atoms with Gasteiger partial charge in [-0.3, -0.25) is 14.2 Å². The summed E-state index contributed by atoms with van der Waals surface area (Å²) in [4.78, 5) is 36.6. The van der Waals surface area contributed by atoms with Crippen molar-refractivity contribution in [2.45, 2.75) is 26.3 Å². The molecular formula is C15H17N3O3. The van der Waals surface area contributed by atoms with Crippen LogP contribution in [0.5, 0.6) is 0 Å². The lowest BCUT2D eigenvalue weighted by atomic mass is 10.2. The van der Waals surface area contributed by atoms with Crippen LogP contribution in [0.1, 0.15) is 30.1 Å². The van der Waals surface area contributed by atoms with Crippen LogP contribution in [-0.4, -0.2) is 15.0 Å². The summed E-state index contributed by atoms with van der Waals surface area (Å²) in [6.07, 6.45) is 1.61. The first-order valence-corrected chi connectivity index (χ1v) is 6.78. The SMILES string of the molecule is CCCCn1c(N)cc(=O)n(C(=O)c2ccccc2)c1=O. The van der Waals surface area contributed by atoms with Crippen LogP contribution in [0.15, 0.2) is 46.0 Å². The maximum absolute atomic E-state index is 12.4. The van der Waals surface area contributed by atoms with Crippen LogP contribution in [0.2, 0.25) is 0 Å². The summed E-state index contributed by atoms with van der Waals surface area (Å²) in [6.45, 7) is 2.36. The van der Waals surface area contributed by atoms with Gasteiger partial charge in [0.25, 0.3) is 11.5 Å². The highest BCUT2D eigenvalue weighted by molar-refractivity contribution is 5.95. The van der Waals surface area contributed by atoms with Crippen molar-refractivity contribution >= 4 is 11.7 Å². The molecule has 0 saturated heterocycles. The topological polar surface area (TPSA) is 87.1 Å². The Morgan fingerprint density at radius 3 is 2.48 bits per heavy atom. The third-order valence-electron chi connectivity index (χ3n) is 3.18. The van der Waals surface area contributed by atoms with E-state index in [9.17, 15) is 14.4 Å². The fourth-order valence-corrected chi connectivity index (χ4v) is 2.03. The van der Waals surface area contributed by atoms with Crippen molar-refractivity contribution in [2.24, 2.45) is 0 Å². The lowest BCUT2D eigenvalue weighted by Crippen LogP contribution is -2.44. The molecule has 0 bridgehead atoms. The molecule has 0 unspecified atom stereocenters. The van der Waals surface area contributed by atoms with Crippen molar-refractivity contribution < 1.29 is 4.79 Å². The fourth-order valence-electron chi connectivity index (χ4n) is 2.03. The van der Waals surface area contributed by atoms with Crippen molar-refractivity contribution in [3.63, 3.8) is 0 Å². The van der Waals surface area contributed by atoms with Crippen LogP contribution in [0.25, 0.3) is 0 Å². The lowest BCUT2D eigenvalue weighted by molar-refractivity contribution is 0.0948. The standard InChI is InChI=1S/C15H17N3O3/c1-2-3-9-17-12(16)10-13(19)18(15(17)21)14(20)11-7-5-4-6-8-11/h4-8,10H,2-3,9,16H2,1H3. The molecule has 6 nitrogen and oxygen atoms in total. The molecule has 0 aliphatic carbocycles. The van der Waals surface area contributed by atoms with Crippen molar-refractivity contribution in [3.8, 4) is 0 Å². The Balaban J connectivity index is 2.57. The molecule has 0 spiro atoms. The molecular weight excluding hydrogens is 270 g/mol. The zero-order valence-corrected chi connectivity index (χ0v) is 11.8. The zero-order valence-electron chi connectivity index (χ0n) is 11.8. The third-order valence-corrected chi connectivity index (χ3v) is 3.18. The molecule has 0 atom stereocenters. The van der Waals surface area contributed by atoms with Gasteiger partial charge in [-0.05, 0) is 18.6 Å². The number of hydrogen-bond acceptors (Lipinski definition) is 4. The number of hydrogen-bond donors (Lipinski definition) is 1. The molecule has 2 rings (SSSR count). The second-order valence-corrected chi connectivity index (χ2v) is 4.70. The Kier molecular flexibility index (Phi) is 4.37. The molecule has 2 N–H and O–H groups in total. The number of rotatable bonds is 4. The Morgan fingerprint density at radius 2 is 1.86 bits per heavy atom. The summed E-state index contributed by atoms with van der Waals surface area (Å²) >= 11 is 0. The van der Waals surface area contributed by atoms with E-state index in [-0.39, 0.29) is 11.4 Å². The van der Waals surface area contributed by atoms with Crippen molar-refractivity contribution in [1.82, 2.24) is 9.13 Å². The molecule has 2 aromatic rings. The minimum Gasteiger partial charge on any atom is -0.385 e. The molecule has 1 aromatic carbocycles. The van der Waals surface area contributed by atoms with Crippen LogP contribution in [0, 0.1) is 0 Å². The number of nitrogens with two attached hydrogens (primary N) is 1. The van der Waals surface area contributed by atoms with Gasteiger partial charge in [-0.15, -0.1) is 0 Å². The van der Waals surface area contributed by atoms with Crippen molar-refractivity contribution in [2.75, 3.05) is 5.73 Å². The minimum absolute atomic E-state index is 0.0792.